The summed E-state index contributed by atoms with van der Waals surface area (Å²) in [6, 6.07) is 8.98. The van der Waals surface area contributed by atoms with E-state index >= 15 is 0 Å². The number of benzene rings is 2. The van der Waals surface area contributed by atoms with E-state index in [4.69, 9.17) is 28.4 Å². The van der Waals surface area contributed by atoms with Crippen molar-refractivity contribution in [1.82, 2.24) is 0 Å². The van der Waals surface area contributed by atoms with Crippen LogP contribution in [0.25, 0.3) is 0 Å². The number of nitrogens with one attached hydrogen (secondary N) is 2. The van der Waals surface area contributed by atoms with Crippen LogP contribution in [0.15, 0.2) is 36.4 Å². The van der Waals surface area contributed by atoms with Crippen molar-refractivity contribution < 1.29 is 98.3 Å². The maximum absolute atomic E-state index is 14.7. The number of hydrogen-bond donors (Lipinski definition) is 2. The number of likely N-dealkylation sites (tertiary alicyclic amines) is 2. The van der Waals surface area contributed by atoms with Crippen molar-refractivity contribution in [2.24, 2.45) is 23.7 Å². The zero-order valence-corrected chi connectivity index (χ0v) is 45.9. The number of quaternary nitrogens is 2. The summed E-state index contributed by atoms with van der Waals surface area (Å²) in [5, 5.41) is 35.5. The molecular weight excluding hydrogens is 1050 g/mol. The number of para-hydroxylation sites is 2. The number of rotatable bonds is 19. The molecule has 434 valence electrons. The molecule has 0 unspecified atom stereocenters. The van der Waals surface area contributed by atoms with Crippen LogP contribution in [0, 0.1) is 34.1 Å². The van der Waals surface area contributed by atoms with Gasteiger partial charge in [-0.2, -0.15) is 0 Å². The van der Waals surface area contributed by atoms with E-state index in [0.29, 0.717) is 86.5 Å². The van der Waals surface area contributed by atoms with E-state index in [0.717, 1.165) is 39.3 Å². The number of carbonyl (C=O) groups excluding carboxylic acids is 2. The largest absolute Gasteiger partial charge is 2.00 e. The zero-order valence-electron chi connectivity index (χ0n) is 45.0. The minimum atomic E-state index is -6.00. The van der Waals surface area contributed by atoms with Crippen molar-refractivity contribution in [2.75, 3.05) is 89.7 Å². The number of nitrogens with zero attached hydrogens (tertiary/aromatic N) is 2. The molecule has 14 nitrogen and oxygen atoms in total. The van der Waals surface area contributed by atoms with Crippen LogP contribution in [0.2, 0.25) is 0 Å². The molecule has 0 radical (unpaired) electrons. The van der Waals surface area contributed by atoms with E-state index in [-0.39, 0.29) is 66.3 Å². The monoisotopic (exact) mass is 1130 g/mol. The molecular formula is C50H82B2F8N4NiO10. The Kier molecular flexibility index (Phi) is 32.4. The van der Waals surface area contributed by atoms with Gasteiger partial charge >= 0.3 is 31.0 Å². The Morgan fingerprint density at radius 3 is 0.987 bits per heavy atom. The molecule has 4 saturated heterocycles. The second-order valence-electron chi connectivity index (χ2n) is 20.5. The molecule has 2 N–H and O–H groups in total. The maximum Gasteiger partial charge on any atom is 2.00 e. The summed E-state index contributed by atoms with van der Waals surface area (Å²) in [6.45, 7) is 22.4. The first-order valence-electron chi connectivity index (χ1n) is 26.1. The van der Waals surface area contributed by atoms with Gasteiger partial charge in [0, 0.05) is 39.3 Å². The van der Waals surface area contributed by atoms with Crippen molar-refractivity contribution in [3.63, 3.8) is 0 Å². The molecule has 2 aromatic carbocycles. The fourth-order valence-corrected chi connectivity index (χ4v) is 7.99. The van der Waals surface area contributed by atoms with Gasteiger partial charge in [-0.25, -0.2) is 0 Å². The fraction of sp³-hybridized carbons (Fsp3) is 0.720. The molecule has 4 fully saturated rings. The number of carbonyl (C=O) groups is 2. The summed E-state index contributed by atoms with van der Waals surface area (Å²) < 4.78 is 111. The number of hydroxylamine groups is 6. The molecule has 0 bridgehead atoms. The molecule has 4 aliphatic heterocycles. The maximum atomic E-state index is 14.7. The summed E-state index contributed by atoms with van der Waals surface area (Å²) in [5.41, 5.74) is 0.825. The first-order chi connectivity index (χ1) is 34.6. The predicted octanol–water partition coefficient (Wildman–Crippen LogP) is 12.3. The molecule has 0 aliphatic carbocycles. The van der Waals surface area contributed by atoms with E-state index in [2.05, 4.69) is 10.6 Å². The first-order valence-corrected chi connectivity index (χ1v) is 26.1. The van der Waals surface area contributed by atoms with E-state index in [9.17, 15) is 54.5 Å². The summed E-state index contributed by atoms with van der Waals surface area (Å²) >= 11 is 0. The number of amides is 2. The van der Waals surface area contributed by atoms with E-state index in [1.807, 2.05) is 67.5 Å². The van der Waals surface area contributed by atoms with E-state index in [1.54, 1.807) is 24.3 Å². The van der Waals surface area contributed by atoms with Crippen LogP contribution in [-0.4, -0.2) is 127 Å². The van der Waals surface area contributed by atoms with Crippen LogP contribution in [-0.2, 0) is 35.6 Å². The van der Waals surface area contributed by atoms with Gasteiger partial charge in [0.1, 0.15) is 47.5 Å². The molecule has 75 heavy (non-hydrogen) atoms. The summed E-state index contributed by atoms with van der Waals surface area (Å²) in [6.07, 6.45) is 8.65. The van der Waals surface area contributed by atoms with Gasteiger partial charge in [-0.05, 0) is 99.3 Å². The van der Waals surface area contributed by atoms with Gasteiger partial charge in [-0.3, -0.25) is 9.59 Å². The molecule has 2 amide bonds. The van der Waals surface area contributed by atoms with Gasteiger partial charge in [0.2, 0.25) is 0 Å². The van der Waals surface area contributed by atoms with Crippen LogP contribution >= 0.6 is 0 Å². The average molecular weight is 1130 g/mol. The van der Waals surface area contributed by atoms with E-state index < -0.39 is 47.7 Å². The van der Waals surface area contributed by atoms with Crippen LogP contribution in [0.4, 0.5) is 45.9 Å². The molecule has 4 aliphatic rings. The minimum Gasteiger partial charge on any atom is -0.632 e. The van der Waals surface area contributed by atoms with Gasteiger partial charge in [0.15, 0.2) is 12.1 Å². The van der Waals surface area contributed by atoms with Crippen molar-refractivity contribution in [2.45, 2.75) is 132 Å². The molecule has 4 heterocycles. The minimum absolute atomic E-state index is 0. The van der Waals surface area contributed by atoms with Crippen molar-refractivity contribution in [3.8, 4) is 23.0 Å². The van der Waals surface area contributed by atoms with Gasteiger partial charge in [-0.15, -0.1) is 0 Å². The van der Waals surface area contributed by atoms with Crippen LogP contribution in [0.3, 0.4) is 0 Å². The van der Waals surface area contributed by atoms with Gasteiger partial charge < -0.3 is 93.3 Å². The molecule has 25 heteroatoms. The SMILES string of the molecule is C1CCOC1.C1CCOC1.CC(C)COc1cccc(OCC(C)C)c1NC(=O)[C@@H]1CCCC[N@@+]1([O-])CC[N@+]1([O-])CCCC[C@H]1C(=O)Nc1c(OCC(C)C)cccc1OCC(C)C.F[B-](F)(F)F.F[B-](F)(F)F.[Ni+2]. The fourth-order valence-electron chi connectivity index (χ4n) is 7.99. The second kappa shape index (κ2) is 35.0. The third-order valence-corrected chi connectivity index (χ3v) is 11.5. The molecule has 0 saturated carbocycles. The summed E-state index contributed by atoms with van der Waals surface area (Å²) in [5.74, 6) is 2.13. The Labute approximate surface area is 449 Å². The Bertz CT molecular complexity index is 1700. The van der Waals surface area contributed by atoms with E-state index in [1.165, 1.54) is 25.7 Å². The molecule has 4 atom stereocenters. The van der Waals surface area contributed by atoms with Gasteiger partial charge in [0.05, 0.1) is 39.5 Å². The second-order valence-corrected chi connectivity index (χ2v) is 20.5. The number of halogens is 8. The van der Waals surface area contributed by atoms with Crippen molar-refractivity contribution in [1.29, 1.82) is 0 Å². The summed E-state index contributed by atoms with van der Waals surface area (Å²) in [4.78, 5) is 28.2. The normalized spacial score (nSPS) is 21.4. The Morgan fingerprint density at radius 2 is 0.773 bits per heavy atom. The quantitative estimate of drug-likeness (QED) is 0.0600. The smallest absolute Gasteiger partial charge is 0.632 e. The Balaban J connectivity index is 0.00000111. The molecule has 6 rings (SSSR count). The standard InChI is InChI=1S/C42H66N4O8.2C4H8O.2BF4.Ni/c1-29(2)25-51-35-17-13-18-36(52-26-30(3)4)39(35)43-41(47)33-15-9-11-21-45(33,49)23-24-46(50)22-12-10-16-34(46)42(48)44-40-37(53-27-31(5)6)19-14-20-38(40)54-28-32(7)8;2*1-2-4-5-3-1;2*2-1(3,4)5;/h13-14,17-20,29-34H,9-12,15-16,21-28H2,1-8H3,(H,43,47)(H,44,48);2*1-4H2;;;/q;;;2*-1;+2/t33-,34-,45+,46+;;;;;/m0...../s1. The van der Waals surface area contributed by atoms with Crippen LogP contribution < -0.4 is 29.6 Å². The number of piperidine rings is 2. The number of hydrogen-bond acceptors (Lipinski definition) is 10. The van der Waals surface area contributed by atoms with Crippen molar-refractivity contribution in [3.05, 3.63) is 46.8 Å². The third kappa shape index (κ3) is 29.7. The average Bonchev–Trinajstić information content (AvgIpc) is 4.10. The van der Waals surface area contributed by atoms with Crippen LogP contribution in [0.5, 0.6) is 23.0 Å². The predicted molar refractivity (Wildman–Crippen MR) is 274 cm³/mol. The number of anilines is 2. The zero-order chi connectivity index (χ0) is 55.5. The van der Waals surface area contributed by atoms with Gasteiger partial charge in [0.25, 0.3) is 11.8 Å². The number of ether oxygens (including phenoxy) is 6. The topological polar surface area (TPSA) is 160 Å². The summed E-state index contributed by atoms with van der Waals surface area (Å²) in [7, 11) is -12.0. The molecule has 2 aromatic rings. The van der Waals surface area contributed by atoms with Gasteiger partial charge in [-0.1, -0.05) is 67.5 Å². The first kappa shape index (κ1) is 69.4. The van der Waals surface area contributed by atoms with Crippen molar-refractivity contribution >= 4 is 37.7 Å². The van der Waals surface area contributed by atoms with Crippen LogP contribution in [0.1, 0.15) is 120 Å². The molecule has 0 spiro atoms. The Hall–Kier alpha value is -3.60. The third-order valence-electron chi connectivity index (χ3n) is 11.5. The molecule has 0 aromatic heterocycles. The Morgan fingerprint density at radius 1 is 0.520 bits per heavy atom.